The van der Waals surface area contributed by atoms with Gasteiger partial charge in [0.05, 0.1) is 11.5 Å². The van der Waals surface area contributed by atoms with Crippen LogP contribution >= 0.6 is 0 Å². The van der Waals surface area contributed by atoms with Crippen LogP contribution in [0.25, 0.3) is 0 Å². The number of hydrogen-bond acceptors (Lipinski definition) is 2. The monoisotopic (exact) mass is 138 g/mol. The Morgan fingerprint density at radius 2 is 2.50 bits per heavy atom. The number of hydrogen-bond donors (Lipinski definition) is 0. The fraction of sp³-hybridized carbons (Fsp3) is 0.714. The lowest BCUT2D eigenvalue weighted by atomic mass is 9.92. The first-order chi connectivity index (χ1) is 4.70. The van der Waals surface area contributed by atoms with Gasteiger partial charge in [0.15, 0.2) is 0 Å². The van der Waals surface area contributed by atoms with E-state index in [9.17, 15) is 4.79 Å². The molecule has 1 heterocycles. The van der Waals surface area contributed by atoms with E-state index >= 15 is 0 Å². The average Bonchev–Trinajstić information content (AvgIpc) is 2.33. The zero-order valence-corrected chi connectivity index (χ0v) is 6.00. The minimum atomic E-state index is -0.291. The number of amides is 1. The van der Waals surface area contributed by atoms with Crippen LogP contribution in [0.3, 0.4) is 0 Å². The lowest BCUT2D eigenvalue weighted by Gasteiger charge is -2.12. The number of rotatable bonds is 1. The third-order valence-electron chi connectivity index (χ3n) is 1.92. The second-order valence-electron chi connectivity index (χ2n) is 3.00. The molecular weight excluding hydrogens is 128 g/mol. The predicted molar refractivity (Wildman–Crippen MR) is 36.0 cm³/mol. The molecule has 1 aliphatic heterocycles. The van der Waals surface area contributed by atoms with E-state index in [1.165, 1.54) is 0 Å². The van der Waals surface area contributed by atoms with Crippen molar-refractivity contribution < 1.29 is 4.79 Å². The number of carbonyl (C=O) groups is 1. The Morgan fingerprint density at radius 1 is 1.80 bits per heavy atom. The highest BCUT2D eigenvalue weighted by atomic mass is 16.1. The van der Waals surface area contributed by atoms with Crippen LogP contribution in [0.1, 0.15) is 13.3 Å². The van der Waals surface area contributed by atoms with Gasteiger partial charge in [-0.25, -0.2) is 0 Å². The minimum absolute atomic E-state index is 0.291. The molecule has 0 bridgehead atoms. The molecule has 0 aliphatic carbocycles. The summed E-state index contributed by atoms with van der Waals surface area (Å²) in [6.07, 6.45) is 1.62. The van der Waals surface area contributed by atoms with Gasteiger partial charge in [0.1, 0.15) is 0 Å². The largest absolute Gasteiger partial charge is 0.344 e. The quantitative estimate of drug-likeness (QED) is 0.491. The van der Waals surface area contributed by atoms with Crippen molar-refractivity contribution in [2.75, 3.05) is 13.1 Å². The normalized spacial score (nSPS) is 31.8. The van der Waals surface area contributed by atoms with Crippen LogP contribution < -0.4 is 0 Å². The zero-order chi connectivity index (χ0) is 7.61. The van der Waals surface area contributed by atoms with Crippen molar-refractivity contribution in [3.8, 4) is 6.07 Å². The van der Waals surface area contributed by atoms with Crippen LogP contribution in [0.4, 0.5) is 0 Å². The summed E-state index contributed by atoms with van der Waals surface area (Å²) in [5, 5.41) is 8.65. The topological polar surface area (TPSA) is 44.1 Å². The van der Waals surface area contributed by atoms with Crippen LogP contribution in [-0.2, 0) is 4.79 Å². The lowest BCUT2D eigenvalue weighted by Crippen LogP contribution is -2.22. The molecule has 0 aromatic carbocycles. The molecular formula is C7H10N2O. The first kappa shape index (κ1) is 7.07. The van der Waals surface area contributed by atoms with Crippen molar-refractivity contribution in [1.29, 1.82) is 5.26 Å². The Labute approximate surface area is 60.2 Å². The summed E-state index contributed by atoms with van der Waals surface area (Å²) in [4.78, 5) is 11.9. The van der Waals surface area contributed by atoms with Gasteiger partial charge >= 0.3 is 0 Å². The summed E-state index contributed by atoms with van der Waals surface area (Å²) in [5.41, 5.74) is -0.291. The molecule has 1 fully saturated rings. The summed E-state index contributed by atoms with van der Waals surface area (Å²) in [6.45, 7) is 3.21. The summed E-state index contributed by atoms with van der Waals surface area (Å²) >= 11 is 0. The highest BCUT2D eigenvalue weighted by Gasteiger charge is 2.32. The van der Waals surface area contributed by atoms with Crippen LogP contribution in [0.15, 0.2) is 0 Å². The van der Waals surface area contributed by atoms with Gasteiger partial charge in [-0.2, -0.15) is 5.26 Å². The maximum Gasteiger partial charge on any atom is 0.209 e. The third-order valence-corrected chi connectivity index (χ3v) is 1.92. The molecule has 3 nitrogen and oxygen atoms in total. The van der Waals surface area contributed by atoms with Gasteiger partial charge in [-0.1, -0.05) is 0 Å². The third kappa shape index (κ3) is 1.10. The number of nitriles is 1. The van der Waals surface area contributed by atoms with Crippen LogP contribution in [0.5, 0.6) is 0 Å². The van der Waals surface area contributed by atoms with Gasteiger partial charge in [-0.15, -0.1) is 0 Å². The molecule has 1 unspecified atom stereocenters. The van der Waals surface area contributed by atoms with Gasteiger partial charge < -0.3 is 4.90 Å². The molecule has 0 radical (unpaired) electrons. The fourth-order valence-electron chi connectivity index (χ4n) is 1.18. The second-order valence-corrected chi connectivity index (χ2v) is 3.00. The fourth-order valence-corrected chi connectivity index (χ4v) is 1.18. The summed E-state index contributed by atoms with van der Waals surface area (Å²) in [7, 11) is 0. The number of likely N-dealkylation sites (tertiary alicyclic amines) is 1. The van der Waals surface area contributed by atoms with E-state index in [4.69, 9.17) is 5.26 Å². The Balaban J connectivity index is 2.59. The standard InChI is InChI=1S/C7H10N2O/c1-7(4-8)2-3-9(5-7)6-10/h6H,2-3,5H2,1H3. The van der Waals surface area contributed by atoms with Crippen molar-refractivity contribution in [2.24, 2.45) is 5.41 Å². The van der Waals surface area contributed by atoms with Crippen molar-refractivity contribution in [2.45, 2.75) is 13.3 Å². The van der Waals surface area contributed by atoms with E-state index < -0.39 is 0 Å². The van der Waals surface area contributed by atoms with Crippen molar-refractivity contribution in [3.05, 3.63) is 0 Å². The number of nitrogens with zero attached hydrogens (tertiary/aromatic N) is 2. The van der Waals surface area contributed by atoms with Gasteiger partial charge in [0, 0.05) is 13.1 Å². The predicted octanol–water partition coefficient (Wildman–Crippen LogP) is 0.378. The molecule has 0 spiro atoms. The highest BCUT2D eigenvalue weighted by molar-refractivity contribution is 5.48. The Morgan fingerprint density at radius 3 is 2.80 bits per heavy atom. The number of carbonyl (C=O) groups excluding carboxylic acids is 1. The molecule has 0 aromatic rings. The Bertz CT molecular complexity index is 185. The van der Waals surface area contributed by atoms with Crippen LogP contribution in [0.2, 0.25) is 0 Å². The molecule has 1 atom stereocenters. The maximum absolute atomic E-state index is 10.2. The Hall–Kier alpha value is -1.04. The minimum Gasteiger partial charge on any atom is -0.344 e. The van der Waals surface area contributed by atoms with E-state index in [-0.39, 0.29) is 5.41 Å². The van der Waals surface area contributed by atoms with Crippen molar-refractivity contribution >= 4 is 6.41 Å². The van der Waals surface area contributed by atoms with Crippen molar-refractivity contribution in [1.82, 2.24) is 4.90 Å². The van der Waals surface area contributed by atoms with Gasteiger partial charge in [0.25, 0.3) is 0 Å². The molecule has 1 saturated heterocycles. The summed E-state index contributed by atoms with van der Waals surface area (Å²) in [6, 6.07) is 2.20. The SMILES string of the molecule is CC1(C#N)CCN(C=O)C1. The first-order valence-corrected chi connectivity index (χ1v) is 3.31. The molecule has 3 heteroatoms. The van der Waals surface area contributed by atoms with Gasteiger partial charge in [0.2, 0.25) is 6.41 Å². The second kappa shape index (κ2) is 2.30. The van der Waals surface area contributed by atoms with Crippen LogP contribution in [0, 0.1) is 16.7 Å². The molecule has 54 valence electrons. The average molecular weight is 138 g/mol. The molecule has 0 aromatic heterocycles. The lowest BCUT2D eigenvalue weighted by molar-refractivity contribution is -0.117. The van der Waals surface area contributed by atoms with E-state index in [2.05, 4.69) is 6.07 Å². The van der Waals surface area contributed by atoms with E-state index in [1.54, 1.807) is 4.90 Å². The molecule has 0 N–H and O–H groups in total. The maximum atomic E-state index is 10.2. The zero-order valence-electron chi connectivity index (χ0n) is 6.00. The van der Waals surface area contributed by atoms with Gasteiger partial charge in [-0.05, 0) is 13.3 Å². The molecule has 10 heavy (non-hydrogen) atoms. The van der Waals surface area contributed by atoms with Crippen LogP contribution in [-0.4, -0.2) is 24.4 Å². The summed E-state index contributed by atoms with van der Waals surface area (Å²) < 4.78 is 0. The van der Waals surface area contributed by atoms with Crippen molar-refractivity contribution in [3.63, 3.8) is 0 Å². The highest BCUT2D eigenvalue weighted by Crippen LogP contribution is 2.27. The molecule has 1 amide bonds. The molecule has 0 saturated carbocycles. The van der Waals surface area contributed by atoms with E-state index in [1.807, 2.05) is 6.92 Å². The molecule has 1 aliphatic rings. The van der Waals surface area contributed by atoms with Gasteiger partial charge in [-0.3, -0.25) is 4.79 Å². The van der Waals surface area contributed by atoms with E-state index in [0.717, 1.165) is 19.4 Å². The molecule has 1 rings (SSSR count). The first-order valence-electron chi connectivity index (χ1n) is 3.31. The Kier molecular flexibility index (Phi) is 1.62. The van der Waals surface area contributed by atoms with E-state index in [0.29, 0.717) is 6.54 Å². The summed E-state index contributed by atoms with van der Waals surface area (Å²) in [5.74, 6) is 0. The smallest absolute Gasteiger partial charge is 0.209 e.